The Kier molecular flexibility index (Phi) is 5.75. The van der Waals surface area contributed by atoms with Gasteiger partial charge in [-0.2, -0.15) is 5.26 Å². The van der Waals surface area contributed by atoms with E-state index in [1.54, 1.807) is 0 Å². The Labute approximate surface area is 215 Å². The molecule has 0 aliphatic carbocycles. The molecule has 5 nitrogen and oxygen atoms in total. The number of fused-ring (bicyclic) bond motifs is 3. The van der Waals surface area contributed by atoms with Crippen LogP contribution in [0.1, 0.15) is 22.3 Å². The van der Waals surface area contributed by atoms with E-state index in [0.29, 0.717) is 5.56 Å². The third-order valence-corrected chi connectivity index (χ3v) is 7.42. The van der Waals surface area contributed by atoms with Gasteiger partial charge in [0, 0.05) is 48.9 Å². The van der Waals surface area contributed by atoms with Crippen molar-refractivity contribution in [2.75, 3.05) is 36.0 Å². The summed E-state index contributed by atoms with van der Waals surface area (Å²) >= 11 is 6.27. The first-order valence-corrected chi connectivity index (χ1v) is 12.6. The van der Waals surface area contributed by atoms with E-state index in [-0.39, 0.29) is 0 Å². The fourth-order valence-corrected chi connectivity index (χ4v) is 5.54. The number of halogens is 1. The summed E-state index contributed by atoms with van der Waals surface area (Å²) < 4.78 is 2.22. The smallest absolute Gasteiger partial charge is 0.157 e. The summed E-state index contributed by atoms with van der Waals surface area (Å²) in [6.07, 6.45) is 0.758. The molecule has 1 fully saturated rings. The van der Waals surface area contributed by atoms with Crippen molar-refractivity contribution in [2.24, 2.45) is 0 Å². The van der Waals surface area contributed by atoms with Crippen LogP contribution in [-0.4, -0.2) is 35.6 Å². The summed E-state index contributed by atoms with van der Waals surface area (Å²) in [6.45, 7) is 5.57. The molecule has 0 radical (unpaired) electrons. The van der Waals surface area contributed by atoms with Gasteiger partial charge >= 0.3 is 0 Å². The second-order valence-electron chi connectivity index (χ2n) is 9.29. The van der Waals surface area contributed by atoms with Crippen molar-refractivity contribution in [3.8, 4) is 6.07 Å². The van der Waals surface area contributed by atoms with Crippen LogP contribution in [0.5, 0.6) is 0 Å². The summed E-state index contributed by atoms with van der Waals surface area (Å²) in [7, 11) is 0. The molecule has 0 unspecified atom stereocenters. The van der Waals surface area contributed by atoms with Gasteiger partial charge in [0.1, 0.15) is 11.9 Å². The normalized spacial score (nSPS) is 13.9. The van der Waals surface area contributed by atoms with Crippen LogP contribution in [0, 0.1) is 18.3 Å². The molecule has 0 N–H and O–H groups in total. The van der Waals surface area contributed by atoms with E-state index in [1.807, 2.05) is 42.5 Å². The molecular formula is C30H26ClN5. The van der Waals surface area contributed by atoms with Gasteiger partial charge in [0.25, 0.3) is 0 Å². The van der Waals surface area contributed by atoms with Crippen molar-refractivity contribution < 1.29 is 0 Å². The number of hydrogen-bond acceptors (Lipinski definition) is 4. The van der Waals surface area contributed by atoms with Crippen molar-refractivity contribution in [2.45, 2.75) is 13.3 Å². The SMILES string of the molecule is Cc1c(Cc2ccccc2)c(N2CCN(c3cccc(Cl)c3)CC2)n2c(nc3ccccc32)c1C#N. The third-order valence-electron chi connectivity index (χ3n) is 7.18. The van der Waals surface area contributed by atoms with Crippen molar-refractivity contribution in [3.05, 3.63) is 106 Å². The molecule has 1 aliphatic rings. The molecule has 36 heavy (non-hydrogen) atoms. The number of nitriles is 1. The minimum Gasteiger partial charge on any atom is -0.368 e. The summed E-state index contributed by atoms with van der Waals surface area (Å²) in [6, 6.07) is 29.2. The molecule has 0 spiro atoms. The lowest BCUT2D eigenvalue weighted by Crippen LogP contribution is -2.47. The van der Waals surface area contributed by atoms with Crippen LogP contribution in [-0.2, 0) is 6.42 Å². The molecular weight excluding hydrogens is 466 g/mol. The summed E-state index contributed by atoms with van der Waals surface area (Å²) in [5, 5.41) is 10.9. The van der Waals surface area contributed by atoms with Crippen molar-refractivity contribution in [1.29, 1.82) is 5.26 Å². The van der Waals surface area contributed by atoms with Crippen LogP contribution in [0.3, 0.4) is 0 Å². The maximum Gasteiger partial charge on any atom is 0.157 e. The molecule has 6 rings (SSSR count). The van der Waals surface area contributed by atoms with Gasteiger partial charge in [-0.05, 0) is 48.4 Å². The number of anilines is 2. The number of piperazine rings is 1. The Morgan fingerprint density at radius 3 is 2.36 bits per heavy atom. The zero-order valence-electron chi connectivity index (χ0n) is 20.2. The molecule has 2 aromatic heterocycles. The maximum absolute atomic E-state index is 10.2. The van der Waals surface area contributed by atoms with Gasteiger partial charge in [-0.15, -0.1) is 0 Å². The zero-order valence-corrected chi connectivity index (χ0v) is 20.9. The highest BCUT2D eigenvalue weighted by Gasteiger charge is 2.27. The first-order valence-electron chi connectivity index (χ1n) is 12.3. The number of benzene rings is 3. The molecule has 0 bridgehead atoms. The monoisotopic (exact) mass is 491 g/mol. The molecule has 178 valence electrons. The lowest BCUT2D eigenvalue weighted by atomic mass is 9.97. The van der Waals surface area contributed by atoms with E-state index >= 15 is 0 Å². The van der Waals surface area contributed by atoms with E-state index < -0.39 is 0 Å². The number of nitrogens with zero attached hydrogens (tertiary/aromatic N) is 5. The van der Waals surface area contributed by atoms with Gasteiger partial charge in [0.05, 0.1) is 16.6 Å². The standard InChI is InChI=1S/C30H26ClN5/c1-21-25(18-22-8-3-2-4-9-22)30(35-16-14-34(15-17-35)24-11-7-10-23(31)19-24)36-28-13-6-5-12-27(28)33-29(36)26(21)20-32/h2-13,19H,14-18H2,1H3. The van der Waals surface area contributed by atoms with E-state index in [2.05, 4.69) is 63.6 Å². The van der Waals surface area contributed by atoms with Gasteiger partial charge in [0.15, 0.2) is 5.65 Å². The maximum atomic E-state index is 10.2. The molecule has 3 aromatic carbocycles. The first kappa shape index (κ1) is 22.5. The third kappa shape index (κ3) is 3.84. The van der Waals surface area contributed by atoms with Crippen molar-refractivity contribution in [3.63, 3.8) is 0 Å². The van der Waals surface area contributed by atoms with Gasteiger partial charge < -0.3 is 9.80 Å². The lowest BCUT2D eigenvalue weighted by molar-refractivity contribution is 0.643. The number of aromatic nitrogens is 2. The average Bonchev–Trinajstić information content (AvgIpc) is 3.29. The number of hydrogen-bond donors (Lipinski definition) is 0. The van der Waals surface area contributed by atoms with E-state index in [1.165, 1.54) is 11.1 Å². The molecule has 1 saturated heterocycles. The van der Waals surface area contributed by atoms with Crippen LogP contribution in [0.4, 0.5) is 11.5 Å². The van der Waals surface area contributed by atoms with Crippen molar-refractivity contribution >= 4 is 39.8 Å². The summed E-state index contributed by atoms with van der Waals surface area (Å²) in [4.78, 5) is 9.77. The van der Waals surface area contributed by atoms with E-state index in [4.69, 9.17) is 16.6 Å². The summed E-state index contributed by atoms with van der Waals surface area (Å²) in [5.74, 6) is 1.14. The van der Waals surface area contributed by atoms with Gasteiger partial charge in [-0.1, -0.05) is 60.1 Å². The Hall–Kier alpha value is -4.01. The molecule has 3 heterocycles. The molecule has 5 aromatic rings. The minimum atomic E-state index is 0.651. The predicted molar refractivity (Wildman–Crippen MR) is 147 cm³/mol. The first-order chi connectivity index (χ1) is 17.6. The van der Waals surface area contributed by atoms with Gasteiger partial charge in [-0.3, -0.25) is 4.40 Å². The predicted octanol–water partition coefficient (Wildman–Crippen LogP) is 6.24. The number of pyridine rings is 1. The average molecular weight is 492 g/mol. The van der Waals surface area contributed by atoms with Crippen LogP contribution in [0.15, 0.2) is 78.9 Å². The largest absolute Gasteiger partial charge is 0.368 e. The van der Waals surface area contributed by atoms with E-state index in [9.17, 15) is 5.26 Å². The Morgan fingerprint density at radius 2 is 1.61 bits per heavy atom. The van der Waals surface area contributed by atoms with Gasteiger partial charge in [0.2, 0.25) is 0 Å². The molecule has 0 amide bonds. The minimum absolute atomic E-state index is 0.651. The molecule has 6 heteroatoms. The topological polar surface area (TPSA) is 47.6 Å². The Bertz CT molecular complexity index is 1610. The molecule has 0 saturated carbocycles. The van der Waals surface area contributed by atoms with Crippen LogP contribution in [0.25, 0.3) is 16.7 Å². The zero-order chi connectivity index (χ0) is 24.6. The van der Waals surface area contributed by atoms with Crippen LogP contribution >= 0.6 is 11.6 Å². The Morgan fingerprint density at radius 1 is 0.889 bits per heavy atom. The number of imidazole rings is 1. The Balaban J connectivity index is 1.51. The van der Waals surface area contributed by atoms with Crippen LogP contribution in [0.2, 0.25) is 5.02 Å². The highest BCUT2D eigenvalue weighted by molar-refractivity contribution is 6.30. The highest BCUT2D eigenvalue weighted by Crippen LogP contribution is 2.35. The fourth-order valence-electron chi connectivity index (χ4n) is 5.36. The number of para-hydroxylation sites is 2. The van der Waals surface area contributed by atoms with Crippen LogP contribution < -0.4 is 9.80 Å². The highest BCUT2D eigenvalue weighted by atomic mass is 35.5. The number of rotatable bonds is 4. The fraction of sp³-hybridized carbons (Fsp3) is 0.200. The van der Waals surface area contributed by atoms with E-state index in [0.717, 1.165) is 71.4 Å². The second kappa shape index (κ2) is 9.22. The second-order valence-corrected chi connectivity index (χ2v) is 9.73. The van der Waals surface area contributed by atoms with Crippen molar-refractivity contribution in [1.82, 2.24) is 9.38 Å². The molecule has 0 atom stereocenters. The van der Waals surface area contributed by atoms with Gasteiger partial charge in [-0.25, -0.2) is 4.98 Å². The summed E-state index contributed by atoms with van der Waals surface area (Å²) in [5.41, 5.74) is 7.90. The quantitative estimate of drug-likeness (QED) is 0.298. The lowest BCUT2D eigenvalue weighted by Gasteiger charge is -2.39. The molecule has 1 aliphatic heterocycles.